The molecular weight excluding hydrogens is 334 g/mol. The van der Waals surface area contributed by atoms with E-state index in [1.807, 2.05) is 18.2 Å². The molecule has 26 heavy (non-hydrogen) atoms. The van der Waals surface area contributed by atoms with Crippen molar-refractivity contribution in [1.29, 1.82) is 0 Å². The van der Waals surface area contributed by atoms with Gasteiger partial charge in [0.05, 0.1) is 6.10 Å². The second kappa shape index (κ2) is 8.18. The zero-order chi connectivity index (χ0) is 18.7. The minimum atomic E-state index is -0.627. The summed E-state index contributed by atoms with van der Waals surface area (Å²) in [6, 6.07) is 9.86. The van der Waals surface area contributed by atoms with Crippen LogP contribution < -0.4 is 5.32 Å². The molecule has 1 amide bonds. The van der Waals surface area contributed by atoms with Gasteiger partial charge in [0, 0.05) is 26.9 Å². The van der Waals surface area contributed by atoms with Crippen LogP contribution in [0.5, 0.6) is 0 Å². The molecule has 1 aromatic rings. The van der Waals surface area contributed by atoms with Crippen LogP contribution in [0, 0.1) is 5.92 Å². The van der Waals surface area contributed by atoms with E-state index in [1.54, 1.807) is 7.11 Å². The van der Waals surface area contributed by atoms with E-state index in [2.05, 4.69) is 17.4 Å². The van der Waals surface area contributed by atoms with Crippen molar-refractivity contribution in [3.8, 4) is 0 Å². The first-order valence-corrected chi connectivity index (χ1v) is 9.17. The zero-order valence-corrected chi connectivity index (χ0v) is 15.5. The highest BCUT2D eigenvalue weighted by atomic mass is 16.7. The van der Waals surface area contributed by atoms with Crippen LogP contribution in [-0.2, 0) is 23.8 Å². The molecular formula is C20H27NO5. The van der Waals surface area contributed by atoms with Gasteiger partial charge in [0.1, 0.15) is 12.1 Å². The van der Waals surface area contributed by atoms with Gasteiger partial charge < -0.3 is 19.5 Å². The Labute approximate surface area is 154 Å². The fourth-order valence-corrected chi connectivity index (χ4v) is 4.34. The smallest absolute Gasteiger partial charge is 0.302 e. The van der Waals surface area contributed by atoms with Crippen molar-refractivity contribution in [2.75, 3.05) is 7.11 Å². The number of ether oxygens (including phenoxy) is 3. The van der Waals surface area contributed by atoms with Crippen LogP contribution >= 0.6 is 0 Å². The van der Waals surface area contributed by atoms with Gasteiger partial charge in [-0.25, -0.2) is 0 Å². The fourth-order valence-electron chi connectivity index (χ4n) is 4.34. The lowest BCUT2D eigenvalue weighted by atomic mass is 9.71. The first kappa shape index (κ1) is 18.9. The van der Waals surface area contributed by atoms with Crippen LogP contribution in [-0.4, -0.2) is 43.5 Å². The summed E-state index contributed by atoms with van der Waals surface area (Å²) in [6.45, 7) is 2.84. The number of hydrogen-bond donors (Lipinski definition) is 1. The monoisotopic (exact) mass is 361 g/mol. The fraction of sp³-hybridized carbons (Fsp3) is 0.600. The molecule has 0 radical (unpaired) electrons. The van der Waals surface area contributed by atoms with Crippen LogP contribution in [0.25, 0.3) is 0 Å². The second-order valence-electron chi connectivity index (χ2n) is 7.16. The van der Waals surface area contributed by atoms with E-state index >= 15 is 0 Å². The third-order valence-electron chi connectivity index (χ3n) is 5.39. The lowest BCUT2D eigenvalue weighted by Gasteiger charge is -2.49. The van der Waals surface area contributed by atoms with Gasteiger partial charge in [-0.05, 0) is 30.7 Å². The molecule has 1 heterocycles. The van der Waals surface area contributed by atoms with Crippen LogP contribution in [0.1, 0.15) is 44.6 Å². The number of methoxy groups -OCH3 is 1. The van der Waals surface area contributed by atoms with Crippen molar-refractivity contribution >= 4 is 11.9 Å². The highest BCUT2D eigenvalue weighted by Crippen LogP contribution is 2.44. The van der Waals surface area contributed by atoms with E-state index < -0.39 is 18.4 Å². The molecule has 0 bridgehead atoms. The van der Waals surface area contributed by atoms with E-state index in [9.17, 15) is 9.59 Å². The molecule has 3 rings (SSSR count). The van der Waals surface area contributed by atoms with E-state index in [0.717, 1.165) is 19.3 Å². The first-order valence-electron chi connectivity index (χ1n) is 9.17. The molecule has 1 aliphatic carbocycles. The Kier molecular flexibility index (Phi) is 5.94. The third kappa shape index (κ3) is 4.07. The summed E-state index contributed by atoms with van der Waals surface area (Å²) >= 11 is 0. The number of amides is 1. The van der Waals surface area contributed by atoms with Gasteiger partial charge in [0.15, 0.2) is 6.29 Å². The number of carbonyl (C=O) groups excluding carboxylic acids is 2. The molecule has 6 nitrogen and oxygen atoms in total. The van der Waals surface area contributed by atoms with E-state index in [4.69, 9.17) is 14.2 Å². The number of hydrogen-bond acceptors (Lipinski definition) is 5. The molecule has 1 aliphatic heterocycles. The third-order valence-corrected chi connectivity index (χ3v) is 5.39. The van der Waals surface area contributed by atoms with Gasteiger partial charge in [0.25, 0.3) is 0 Å². The first-order chi connectivity index (χ1) is 12.5. The highest BCUT2D eigenvalue weighted by molar-refractivity contribution is 5.73. The average molecular weight is 361 g/mol. The van der Waals surface area contributed by atoms with Gasteiger partial charge >= 0.3 is 5.97 Å². The van der Waals surface area contributed by atoms with Gasteiger partial charge in [-0.2, -0.15) is 0 Å². The molecule has 1 saturated heterocycles. The van der Waals surface area contributed by atoms with E-state index in [0.29, 0.717) is 5.92 Å². The van der Waals surface area contributed by atoms with Crippen molar-refractivity contribution in [3.05, 3.63) is 35.9 Å². The summed E-state index contributed by atoms with van der Waals surface area (Å²) < 4.78 is 17.2. The minimum Gasteiger partial charge on any atom is -0.460 e. The number of esters is 1. The summed E-state index contributed by atoms with van der Waals surface area (Å²) in [7, 11) is 1.54. The van der Waals surface area contributed by atoms with Crippen molar-refractivity contribution < 1.29 is 23.8 Å². The normalized spacial score (nSPS) is 33.8. The molecule has 2 fully saturated rings. The molecule has 1 N–H and O–H groups in total. The maximum Gasteiger partial charge on any atom is 0.302 e. The number of rotatable bonds is 4. The predicted octanol–water partition coefficient (Wildman–Crippen LogP) is 2.38. The Hall–Kier alpha value is -1.92. The SMILES string of the molecule is CO[C@H]1O[C@H]2CC[C@@H](c3ccccc3)C[C@@H]2[C@H](OC(C)=O)[C@H]1NC(C)=O. The van der Waals surface area contributed by atoms with Gasteiger partial charge in [-0.15, -0.1) is 0 Å². The van der Waals surface area contributed by atoms with E-state index in [-0.39, 0.29) is 23.9 Å². The Balaban J connectivity index is 1.86. The lowest BCUT2D eigenvalue weighted by molar-refractivity contribution is -0.254. The Morgan fingerprint density at radius 3 is 2.50 bits per heavy atom. The number of benzene rings is 1. The van der Waals surface area contributed by atoms with Crippen molar-refractivity contribution in [3.63, 3.8) is 0 Å². The summed E-state index contributed by atoms with van der Waals surface area (Å²) in [4.78, 5) is 23.4. The van der Waals surface area contributed by atoms with Crippen LogP contribution in [0.3, 0.4) is 0 Å². The molecule has 1 saturated carbocycles. The zero-order valence-electron chi connectivity index (χ0n) is 15.5. The lowest BCUT2D eigenvalue weighted by Crippen LogP contribution is -2.63. The quantitative estimate of drug-likeness (QED) is 0.834. The summed E-state index contributed by atoms with van der Waals surface area (Å²) in [5, 5.41) is 2.86. The standard InChI is InChI=1S/C20H27NO5/c1-12(22)21-18-19(25-13(2)23)16-11-15(14-7-5-4-6-8-14)9-10-17(16)26-20(18)24-3/h4-8,15-20H,9-11H2,1-3H3,(H,21,22)/t15-,16+,17+,18-,19+,20+/m1/s1. The second-order valence-corrected chi connectivity index (χ2v) is 7.16. The Morgan fingerprint density at radius 1 is 1.15 bits per heavy atom. The Bertz CT molecular complexity index is 634. The molecule has 6 atom stereocenters. The van der Waals surface area contributed by atoms with Crippen LogP contribution in [0.15, 0.2) is 30.3 Å². The highest BCUT2D eigenvalue weighted by Gasteiger charge is 2.50. The summed E-state index contributed by atoms with van der Waals surface area (Å²) in [6.07, 6.45) is 1.59. The largest absolute Gasteiger partial charge is 0.460 e. The van der Waals surface area contributed by atoms with E-state index in [1.165, 1.54) is 19.4 Å². The number of fused-ring (bicyclic) bond motifs is 1. The van der Waals surface area contributed by atoms with Gasteiger partial charge in [-0.1, -0.05) is 30.3 Å². The number of carbonyl (C=O) groups is 2. The summed E-state index contributed by atoms with van der Waals surface area (Å²) in [5.74, 6) is -0.161. The van der Waals surface area contributed by atoms with Gasteiger partial charge in [0.2, 0.25) is 5.91 Å². The molecule has 0 aromatic heterocycles. The maximum atomic E-state index is 11.7. The van der Waals surface area contributed by atoms with Crippen LogP contribution in [0.4, 0.5) is 0 Å². The van der Waals surface area contributed by atoms with Crippen LogP contribution in [0.2, 0.25) is 0 Å². The molecule has 6 heteroatoms. The Morgan fingerprint density at radius 2 is 1.88 bits per heavy atom. The maximum absolute atomic E-state index is 11.7. The van der Waals surface area contributed by atoms with Crippen molar-refractivity contribution in [2.45, 2.75) is 63.6 Å². The van der Waals surface area contributed by atoms with Crippen molar-refractivity contribution in [2.24, 2.45) is 5.92 Å². The average Bonchev–Trinajstić information content (AvgIpc) is 2.63. The minimum absolute atomic E-state index is 0.0149. The molecule has 1 aromatic carbocycles. The molecule has 142 valence electrons. The summed E-state index contributed by atoms with van der Waals surface area (Å²) in [5.41, 5.74) is 1.29. The molecule has 0 unspecified atom stereocenters. The van der Waals surface area contributed by atoms with Crippen molar-refractivity contribution in [1.82, 2.24) is 5.32 Å². The topological polar surface area (TPSA) is 73.9 Å². The molecule has 2 aliphatic rings. The number of nitrogens with one attached hydrogen (secondary N) is 1. The predicted molar refractivity (Wildman–Crippen MR) is 95.4 cm³/mol. The molecule has 0 spiro atoms. The van der Waals surface area contributed by atoms with Gasteiger partial charge in [-0.3, -0.25) is 9.59 Å².